The van der Waals surface area contributed by atoms with Gasteiger partial charge in [-0.3, -0.25) is 4.79 Å². The van der Waals surface area contributed by atoms with E-state index in [4.69, 9.17) is 0 Å². The molecule has 27 heavy (non-hydrogen) atoms. The molecule has 6 heteroatoms. The molecule has 3 aromatic rings. The maximum atomic E-state index is 12.0. The number of carboxylic acids is 1. The molecule has 1 amide bonds. The molecule has 0 aliphatic rings. The van der Waals surface area contributed by atoms with Crippen molar-refractivity contribution < 1.29 is 14.7 Å². The number of hydrogen-bond acceptors (Lipinski definition) is 3. The van der Waals surface area contributed by atoms with Gasteiger partial charge in [0.05, 0.1) is 11.8 Å². The van der Waals surface area contributed by atoms with E-state index in [1.165, 1.54) is 0 Å². The van der Waals surface area contributed by atoms with Crippen molar-refractivity contribution in [1.29, 1.82) is 0 Å². The summed E-state index contributed by atoms with van der Waals surface area (Å²) in [6.07, 6.45) is 1.58. The molecule has 0 spiro atoms. The summed E-state index contributed by atoms with van der Waals surface area (Å²) >= 11 is 0. The van der Waals surface area contributed by atoms with Gasteiger partial charge in [0, 0.05) is 28.2 Å². The number of aromatic nitrogens is 1. The van der Waals surface area contributed by atoms with Crippen molar-refractivity contribution >= 4 is 18.1 Å². The summed E-state index contributed by atoms with van der Waals surface area (Å²) in [5, 5.41) is 13.2. The molecule has 0 fully saturated rings. The summed E-state index contributed by atoms with van der Waals surface area (Å²) in [5.74, 6) is -1.25. The van der Waals surface area contributed by atoms with E-state index in [-0.39, 0.29) is 11.5 Å². The molecule has 0 bridgehead atoms. The fourth-order valence-corrected chi connectivity index (χ4v) is 2.91. The zero-order chi connectivity index (χ0) is 19.4. The zero-order valence-electron chi connectivity index (χ0n) is 15.0. The third-order valence-corrected chi connectivity index (χ3v) is 4.23. The molecule has 3 rings (SSSR count). The lowest BCUT2D eigenvalue weighted by Gasteiger charge is -2.10. The smallest absolute Gasteiger partial charge is 0.335 e. The first-order valence-corrected chi connectivity index (χ1v) is 8.38. The Morgan fingerprint density at radius 3 is 2.41 bits per heavy atom. The first-order chi connectivity index (χ1) is 13.0. The number of rotatable bonds is 5. The van der Waals surface area contributed by atoms with Crippen LogP contribution in [0.2, 0.25) is 0 Å². The van der Waals surface area contributed by atoms with Gasteiger partial charge in [-0.1, -0.05) is 24.3 Å². The highest BCUT2D eigenvalue weighted by Crippen LogP contribution is 2.20. The Morgan fingerprint density at radius 1 is 1.00 bits per heavy atom. The van der Waals surface area contributed by atoms with Crippen LogP contribution in [0.15, 0.2) is 65.8 Å². The SMILES string of the molecule is Cc1cc(/C=N/NC(=O)c2ccccc2)c(C)n1-c1cccc(C(=O)O)c1. The quantitative estimate of drug-likeness (QED) is 0.538. The van der Waals surface area contributed by atoms with E-state index in [1.54, 1.807) is 48.7 Å². The van der Waals surface area contributed by atoms with Gasteiger partial charge in [-0.25, -0.2) is 10.2 Å². The van der Waals surface area contributed by atoms with Crippen LogP contribution in [0.25, 0.3) is 5.69 Å². The Kier molecular flexibility index (Phi) is 5.17. The van der Waals surface area contributed by atoms with Crippen LogP contribution in [0.3, 0.4) is 0 Å². The Balaban J connectivity index is 1.83. The Bertz CT molecular complexity index is 1020. The summed E-state index contributed by atoms with van der Waals surface area (Å²) in [7, 11) is 0. The molecule has 1 heterocycles. The van der Waals surface area contributed by atoms with Crippen molar-refractivity contribution in [3.63, 3.8) is 0 Å². The van der Waals surface area contributed by atoms with Crippen LogP contribution in [0.1, 0.15) is 37.7 Å². The normalized spacial score (nSPS) is 10.9. The van der Waals surface area contributed by atoms with Crippen LogP contribution in [-0.4, -0.2) is 27.8 Å². The predicted octanol–water partition coefficient (Wildman–Crippen LogP) is 3.56. The highest BCUT2D eigenvalue weighted by Gasteiger charge is 2.11. The molecule has 0 radical (unpaired) electrons. The number of nitrogens with one attached hydrogen (secondary N) is 1. The van der Waals surface area contributed by atoms with Crippen LogP contribution < -0.4 is 5.43 Å². The summed E-state index contributed by atoms with van der Waals surface area (Å²) in [5.41, 5.74) is 6.70. The second-order valence-corrected chi connectivity index (χ2v) is 6.08. The van der Waals surface area contributed by atoms with E-state index in [0.29, 0.717) is 5.56 Å². The second-order valence-electron chi connectivity index (χ2n) is 6.08. The number of aryl methyl sites for hydroxylation is 1. The molecule has 0 atom stereocenters. The monoisotopic (exact) mass is 361 g/mol. The number of amides is 1. The van der Waals surface area contributed by atoms with Crippen molar-refractivity contribution in [1.82, 2.24) is 9.99 Å². The van der Waals surface area contributed by atoms with Gasteiger partial charge < -0.3 is 9.67 Å². The number of nitrogens with zero attached hydrogens (tertiary/aromatic N) is 2. The van der Waals surface area contributed by atoms with Crippen molar-refractivity contribution in [3.8, 4) is 5.69 Å². The number of benzene rings is 2. The molecular formula is C21H19N3O3. The molecule has 0 saturated heterocycles. The molecule has 6 nitrogen and oxygen atoms in total. The van der Waals surface area contributed by atoms with E-state index in [1.807, 2.05) is 36.6 Å². The minimum atomic E-state index is -0.968. The standard InChI is InChI=1S/C21H19N3O3/c1-14-11-18(13-22-23-20(25)16-7-4-3-5-8-16)15(2)24(14)19-10-6-9-17(12-19)21(26)27/h3-13H,1-2H3,(H,23,25)(H,26,27)/b22-13+. The van der Waals surface area contributed by atoms with E-state index < -0.39 is 5.97 Å². The Hall–Kier alpha value is -3.67. The molecule has 136 valence electrons. The Labute approximate surface area is 156 Å². The van der Waals surface area contributed by atoms with Crippen molar-refractivity contribution in [2.45, 2.75) is 13.8 Å². The highest BCUT2D eigenvalue weighted by atomic mass is 16.4. The zero-order valence-corrected chi connectivity index (χ0v) is 15.0. The lowest BCUT2D eigenvalue weighted by Crippen LogP contribution is -2.17. The summed E-state index contributed by atoms with van der Waals surface area (Å²) in [6, 6.07) is 17.5. The van der Waals surface area contributed by atoms with Crippen molar-refractivity contribution in [2.75, 3.05) is 0 Å². The van der Waals surface area contributed by atoms with E-state index in [9.17, 15) is 14.7 Å². The Morgan fingerprint density at radius 2 is 1.70 bits per heavy atom. The molecule has 1 aromatic heterocycles. The average molecular weight is 361 g/mol. The minimum absolute atomic E-state index is 0.227. The summed E-state index contributed by atoms with van der Waals surface area (Å²) in [4.78, 5) is 23.2. The lowest BCUT2D eigenvalue weighted by atomic mass is 10.2. The van der Waals surface area contributed by atoms with Crippen LogP contribution in [0.5, 0.6) is 0 Å². The number of carboxylic acid groups (broad SMARTS) is 1. The van der Waals surface area contributed by atoms with E-state index in [2.05, 4.69) is 10.5 Å². The van der Waals surface area contributed by atoms with Gasteiger partial charge in [-0.15, -0.1) is 0 Å². The van der Waals surface area contributed by atoms with Crippen LogP contribution in [-0.2, 0) is 0 Å². The van der Waals surface area contributed by atoms with Gasteiger partial charge in [-0.05, 0) is 50.2 Å². The number of aromatic carboxylic acids is 1. The fourth-order valence-electron chi connectivity index (χ4n) is 2.91. The maximum Gasteiger partial charge on any atom is 0.335 e. The summed E-state index contributed by atoms with van der Waals surface area (Å²) in [6.45, 7) is 3.85. The third kappa shape index (κ3) is 3.95. The molecule has 2 aromatic carbocycles. The number of hydrogen-bond donors (Lipinski definition) is 2. The van der Waals surface area contributed by atoms with Crippen molar-refractivity contribution in [3.05, 3.63) is 88.7 Å². The lowest BCUT2D eigenvalue weighted by molar-refractivity contribution is 0.0696. The third-order valence-electron chi connectivity index (χ3n) is 4.23. The molecule has 0 saturated carbocycles. The molecule has 0 unspecified atom stereocenters. The van der Waals surface area contributed by atoms with Crippen molar-refractivity contribution in [2.24, 2.45) is 5.10 Å². The van der Waals surface area contributed by atoms with Crippen LogP contribution >= 0.6 is 0 Å². The maximum absolute atomic E-state index is 12.0. The first-order valence-electron chi connectivity index (χ1n) is 8.38. The molecule has 0 aliphatic carbocycles. The second kappa shape index (κ2) is 7.70. The van der Waals surface area contributed by atoms with Gasteiger partial charge >= 0.3 is 5.97 Å². The van der Waals surface area contributed by atoms with Gasteiger partial charge in [0.25, 0.3) is 5.91 Å². The van der Waals surface area contributed by atoms with Gasteiger partial charge in [0.15, 0.2) is 0 Å². The van der Waals surface area contributed by atoms with Crippen LogP contribution in [0, 0.1) is 13.8 Å². The molecule has 0 aliphatic heterocycles. The molecule has 2 N–H and O–H groups in total. The van der Waals surface area contributed by atoms with Crippen LogP contribution in [0.4, 0.5) is 0 Å². The number of carbonyl (C=O) groups is 2. The minimum Gasteiger partial charge on any atom is -0.478 e. The number of hydrazone groups is 1. The van der Waals surface area contributed by atoms with E-state index in [0.717, 1.165) is 22.6 Å². The predicted molar refractivity (Wildman–Crippen MR) is 104 cm³/mol. The number of carbonyl (C=O) groups excluding carboxylic acids is 1. The summed E-state index contributed by atoms with van der Waals surface area (Å²) < 4.78 is 1.95. The fraction of sp³-hybridized carbons (Fsp3) is 0.0952. The van der Waals surface area contributed by atoms with Gasteiger partial charge in [0.2, 0.25) is 0 Å². The van der Waals surface area contributed by atoms with Gasteiger partial charge in [0.1, 0.15) is 0 Å². The molecular weight excluding hydrogens is 342 g/mol. The first kappa shape index (κ1) is 18.1. The van der Waals surface area contributed by atoms with Gasteiger partial charge in [-0.2, -0.15) is 5.10 Å². The highest BCUT2D eigenvalue weighted by molar-refractivity contribution is 5.95. The largest absolute Gasteiger partial charge is 0.478 e. The van der Waals surface area contributed by atoms with E-state index >= 15 is 0 Å². The topological polar surface area (TPSA) is 83.7 Å². The average Bonchev–Trinajstić information content (AvgIpc) is 2.96.